The highest BCUT2D eigenvalue weighted by atomic mass is 16.5. The molecule has 0 radical (unpaired) electrons. The van der Waals surface area contributed by atoms with Crippen LogP contribution in [0.3, 0.4) is 0 Å². The maximum Gasteiger partial charge on any atom is 0.128 e. The molecule has 1 unspecified atom stereocenters. The molecule has 0 spiro atoms. The molecule has 1 atom stereocenters. The van der Waals surface area contributed by atoms with Crippen molar-refractivity contribution in [2.45, 2.75) is 152 Å². The number of hydrogen-bond acceptors (Lipinski definition) is 4. The Morgan fingerprint density at radius 2 is 0.754 bits per heavy atom. The van der Waals surface area contributed by atoms with Crippen LogP contribution in [0.2, 0.25) is 0 Å². The van der Waals surface area contributed by atoms with E-state index in [-0.39, 0.29) is 6.10 Å². The second-order valence-corrected chi connectivity index (χ2v) is 18.6. The lowest BCUT2D eigenvalue weighted by Crippen LogP contribution is -2.28. The first-order valence-corrected chi connectivity index (χ1v) is 21.0. The minimum atomic E-state index is -0.593. The smallest absolute Gasteiger partial charge is 0.128 e. The molecule has 0 aromatic heterocycles. The van der Waals surface area contributed by atoms with Crippen LogP contribution in [-0.4, -0.2) is 0 Å². The van der Waals surface area contributed by atoms with Crippen molar-refractivity contribution < 1.29 is 18.9 Å². The number of fused-ring (bicyclic) bond motifs is 2. The number of aryl methyl sites for hydroxylation is 8. The third-order valence-electron chi connectivity index (χ3n) is 13.1. The van der Waals surface area contributed by atoms with Gasteiger partial charge in [-0.05, 0) is 243 Å². The van der Waals surface area contributed by atoms with Crippen LogP contribution < -0.4 is 18.9 Å². The monoisotopic (exact) mass is 764 g/mol. The van der Waals surface area contributed by atoms with Crippen LogP contribution in [-0.2, 0) is 42.5 Å². The summed E-state index contributed by atoms with van der Waals surface area (Å²) in [5, 5.41) is 0. The van der Waals surface area contributed by atoms with Gasteiger partial charge in [0, 0.05) is 0 Å². The van der Waals surface area contributed by atoms with E-state index in [9.17, 15) is 0 Å². The Morgan fingerprint density at radius 3 is 1.14 bits per heavy atom. The Morgan fingerprint density at radius 1 is 0.404 bits per heavy atom. The molecular formula is C53H64O4. The molecule has 0 amide bonds. The normalized spacial score (nSPS) is 14.2. The largest absolute Gasteiger partial charge is 0.485 e. The Kier molecular flexibility index (Phi) is 10.4. The summed E-state index contributed by atoms with van der Waals surface area (Å²) in [6.07, 6.45) is 4.53. The molecule has 0 N–H and O–H groups in total. The van der Waals surface area contributed by atoms with Crippen molar-refractivity contribution in [1.29, 1.82) is 0 Å². The molecule has 0 fully saturated rings. The topological polar surface area (TPSA) is 36.9 Å². The number of hydrogen-bond donors (Lipinski definition) is 0. The highest BCUT2D eigenvalue weighted by molar-refractivity contribution is 5.58. The summed E-state index contributed by atoms with van der Waals surface area (Å²) in [6, 6.07) is 22.5. The van der Waals surface area contributed by atoms with E-state index in [1.807, 2.05) is 0 Å². The molecular weight excluding hydrogens is 701 g/mol. The summed E-state index contributed by atoms with van der Waals surface area (Å²) in [5.74, 6) is 3.71. The van der Waals surface area contributed by atoms with Crippen LogP contribution in [0, 0.1) is 55.4 Å². The molecule has 0 aliphatic heterocycles. The summed E-state index contributed by atoms with van der Waals surface area (Å²) in [7, 11) is 0. The van der Waals surface area contributed by atoms with E-state index in [0.717, 1.165) is 91.5 Å². The van der Waals surface area contributed by atoms with Crippen LogP contribution in [0.5, 0.6) is 23.0 Å². The molecule has 0 heterocycles. The van der Waals surface area contributed by atoms with Gasteiger partial charge in [-0.2, -0.15) is 0 Å². The van der Waals surface area contributed by atoms with Gasteiger partial charge in [-0.25, -0.2) is 0 Å². The highest BCUT2D eigenvalue weighted by Crippen LogP contribution is 2.44. The van der Waals surface area contributed by atoms with E-state index >= 15 is 0 Å². The van der Waals surface area contributed by atoms with Gasteiger partial charge in [-0.1, -0.05) is 36.4 Å². The van der Waals surface area contributed by atoms with Crippen molar-refractivity contribution >= 4 is 0 Å². The summed E-state index contributed by atoms with van der Waals surface area (Å²) in [5.41, 5.74) is 17.9. The molecule has 7 rings (SSSR count). The zero-order valence-corrected chi connectivity index (χ0v) is 37.3. The highest BCUT2D eigenvalue weighted by Gasteiger charge is 2.32. The maximum absolute atomic E-state index is 7.03. The second-order valence-electron chi connectivity index (χ2n) is 18.6. The molecule has 57 heavy (non-hydrogen) atoms. The van der Waals surface area contributed by atoms with Crippen LogP contribution in [0.15, 0.2) is 60.7 Å². The average Bonchev–Trinajstić information content (AvgIpc) is 3.11. The second kappa shape index (κ2) is 14.6. The molecule has 4 nitrogen and oxygen atoms in total. The van der Waals surface area contributed by atoms with Gasteiger partial charge in [-0.3, -0.25) is 0 Å². The summed E-state index contributed by atoms with van der Waals surface area (Å²) < 4.78 is 27.5. The minimum Gasteiger partial charge on any atom is -0.485 e. The number of ether oxygens (including phenoxy) is 4. The van der Waals surface area contributed by atoms with Crippen molar-refractivity contribution in [2.24, 2.45) is 0 Å². The quantitative estimate of drug-likeness (QED) is 0.127. The molecule has 2 aliphatic rings. The summed E-state index contributed by atoms with van der Waals surface area (Å²) in [6.45, 7) is 32.3. The predicted octanol–water partition coefficient (Wildman–Crippen LogP) is 13.4. The summed E-state index contributed by atoms with van der Waals surface area (Å²) >= 11 is 0. The van der Waals surface area contributed by atoms with Gasteiger partial charge in [0.2, 0.25) is 0 Å². The Labute approximate surface area is 342 Å². The van der Waals surface area contributed by atoms with E-state index in [1.54, 1.807) is 0 Å². The number of benzene rings is 5. The first kappa shape index (κ1) is 40.5. The predicted molar refractivity (Wildman–Crippen MR) is 235 cm³/mol. The molecule has 0 saturated carbocycles. The van der Waals surface area contributed by atoms with Gasteiger partial charge in [0.15, 0.2) is 0 Å². The van der Waals surface area contributed by atoms with E-state index in [4.69, 9.17) is 18.9 Å². The molecule has 0 saturated heterocycles. The molecule has 300 valence electrons. The number of rotatable bonds is 12. The zero-order chi connectivity index (χ0) is 41.4. The van der Waals surface area contributed by atoms with Gasteiger partial charge < -0.3 is 18.9 Å². The Balaban J connectivity index is 1.08. The lowest BCUT2D eigenvalue weighted by atomic mass is 9.84. The van der Waals surface area contributed by atoms with Gasteiger partial charge in [0.25, 0.3) is 0 Å². The van der Waals surface area contributed by atoms with Crippen molar-refractivity contribution in [2.75, 3.05) is 0 Å². The Hall–Kier alpha value is -4.70. The zero-order valence-electron chi connectivity index (χ0n) is 37.3. The van der Waals surface area contributed by atoms with E-state index in [2.05, 4.69) is 165 Å². The maximum atomic E-state index is 7.03. The lowest BCUT2D eigenvalue weighted by Gasteiger charge is -2.33. The van der Waals surface area contributed by atoms with Crippen molar-refractivity contribution in [3.8, 4) is 23.0 Å². The third-order valence-corrected chi connectivity index (χ3v) is 13.1. The standard InChI is InChI=1S/C53H64O4/c1-30-24-43(25-31(2)47(30)55-51(10,11)44-22-20-39-16-18-41(39)28-44)38(9)54-49-34(5)36(7)50(37(8)35(49)6)57-53(14,15)46-26-32(3)48(33(4)27-46)56-52(12,13)45-23-21-40-17-19-42(40)29-45/h20-29,38H,16-19H2,1-15H3. The van der Waals surface area contributed by atoms with Crippen molar-refractivity contribution in [1.82, 2.24) is 0 Å². The van der Waals surface area contributed by atoms with E-state index in [0.29, 0.717) is 0 Å². The fraction of sp³-hybridized carbons (Fsp3) is 0.434. The Bertz CT molecular complexity index is 2310. The first-order valence-electron chi connectivity index (χ1n) is 21.0. The van der Waals surface area contributed by atoms with Gasteiger partial charge in [-0.15, -0.1) is 0 Å². The SMILES string of the molecule is Cc1cc(C(C)Oc2c(C)c(C)c(OC(C)(C)c3cc(C)c(OC(C)(C)c4ccc5c(c4)CC5)c(C)c3)c(C)c2C)cc(C)c1OC(C)(C)c1ccc2c(c1)CC2. The van der Waals surface area contributed by atoms with Gasteiger partial charge >= 0.3 is 0 Å². The van der Waals surface area contributed by atoms with E-state index < -0.39 is 16.8 Å². The van der Waals surface area contributed by atoms with Gasteiger partial charge in [0.1, 0.15) is 45.9 Å². The molecule has 0 bridgehead atoms. The van der Waals surface area contributed by atoms with Crippen LogP contribution in [0.25, 0.3) is 0 Å². The van der Waals surface area contributed by atoms with Crippen LogP contribution in [0.4, 0.5) is 0 Å². The van der Waals surface area contributed by atoms with Crippen molar-refractivity contribution in [3.05, 3.63) is 150 Å². The van der Waals surface area contributed by atoms with E-state index in [1.165, 1.54) is 46.2 Å². The molecule has 2 aliphatic carbocycles. The van der Waals surface area contributed by atoms with Crippen molar-refractivity contribution in [3.63, 3.8) is 0 Å². The lowest BCUT2D eigenvalue weighted by molar-refractivity contribution is 0.102. The minimum absolute atomic E-state index is 0.160. The fourth-order valence-electron chi connectivity index (χ4n) is 8.74. The van der Waals surface area contributed by atoms with Gasteiger partial charge in [0.05, 0.1) is 0 Å². The molecule has 5 aromatic carbocycles. The summed E-state index contributed by atoms with van der Waals surface area (Å²) in [4.78, 5) is 0. The third kappa shape index (κ3) is 7.57. The average molecular weight is 765 g/mol. The fourth-order valence-corrected chi connectivity index (χ4v) is 8.74. The molecule has 4 heteroatoms. The van der Waals surface area contributed by atoms with Crippen LogP contribution >= 0.6 is 0 Å². The van der Waals surface area contributed by atoms with Crippen LogP contribution in [0.1, 0.15) is 144 Å². The first-order chi connectivity index (χ1) is 26.7. The molecule has 5 aromatic rings.